The Morgan fingerprint density at radius 1 is 1.06 bits per heavy atom. The topological polar surface area (TPSA) is 92.3 Å². The lowest BCUT2D eigenvalue weighted by Crippen LogP contribution is -2.78. The normalized spacial score (nSPS) is 27.9. The molecule has 2 saturated carbocycles. The number of hydrogen-bond donors (Lipinski definition) is 1. The average Bonchev–Trinajstić information content (AvgIpc) is 3.09. The fourth-order valence-corrected chi connectivity index (χ4v) is 6.02. The summed E-state index contributed by atoms with van der Waals surface area (Å²) in [5, 5.41) is 1.90. The van der Waals surface area contributed by atoms with E-state index in [1.165, 1.54) is 11.0 Å². The monoisotopic (exact) mass is 538 g/mol. The first-order chi connectivity index (χ1) is 16.5. The number of anilines is 2. The minimum atomic E-state index is -4.87. The Hall–Kier alpha value is -2.97. The maximum Gasteiger partial charge on any atom is 0.417 e. The number of pyridine rings is 2. The Balaban J connectivity index is 1.46. The molecule has 1 N–H and O–H groups in total. The zero-order chi connectivity index (χ0) is 26.4. The predicted octanol–water partition coefficient (Wildman–Crippen LogP) is 3.73. The highest BCUT2D eigenvalue weighted by molar-refractivity contribution is 7.90. The first-order valence-electron chi connectivity index (χ1n) is 10.6. The second-order valence-corrected chi connectivity index (χ2v) is 11.2. The molecule has 3 unspecified atom stereocenters. The molecule has 194 valence electrons. The predicted molar refractivity (Wildman–Crippen MR) is 111 cm³/mol. The van der Waals surface area contributed by atoms with Crippen LogP contribution in [-0.4, -0.2) is 55.5 Å². The van der Waals surface area contributed by atoms with Gasteiger partial charge in [-0.05, 0) is 30.0 Å². The molecule has 0 bridgehead atoms. The minimum absolute atomic E-state index is 0.0855. The van der Waals surface area contributed by atoms with Gasteiger partial charge in [0, 0.05) is 49.3 Å². The second-order valence-electron chi connectivity index (χ2n) is 9.23. The Labute approximate surface area is 199 Å². The number of aromatic nitrogens is 2. The molecule has 4 atom stereocenters. The number of fused-ring (bicyclic) bond motifs is 4. The summed E-state index contributed by atoms with van der Waals surface area (Å²) < 4.78 is 119. The average molecular weight is 538 g/mol. The van der Waals surface area contributed by atoms with Gasteiger partial charge < -0.3 is 10.2 Å². The standard InChI is InChI=1S/C21H17F7N4O3S/c1-36(34,35)14-5-10(2-3-29-14)31-18(33)11-4-9(21(26,27)28)6-30-17(11)32-7-12-13(8-32)16-15(12)19(22,23)20(16,24)25/h2-6,12-13,15-16H,7-8H2,1H3,(H,29,31,33)/t12-,13?,15?,16?/m0/s1. The van der Waals surface area contributed by atoms with Gasteiger partial charge in [0.05, 0.1) is 11.1 Å². The maximum absolute atomic E-state index is 13.9. The molecule has 5 rings (SSSR count). The van der Waals surface area contributed by atoms with E-state index in [1.54, 1.807) is 0 Å². The van der Waals surface area contributed by atoms with Gasteiger partial charge in [-0.15, -0.1) is 0 Å². The van der Waals surface area contributed by atoms with Crippen molar-refractivity contribution in [1.29, 1.82) is 0 Å². The van der Waals surface area contributed by atoms with E-state index in [-0.39, 0.29) is 24.6 Å². The molecule has 3 heterocycles. The molecule has 2 aromatic rings. The minimum Gasteiger partial charge on any atom is -0.355 e. The quantitative estimate of drug-likeness (QED) is 0.597. The molecule has 2 aromatic heterocycles. The van der Waals surface area contributed by atoms with Crippen LogP contribution >= 0.6 is 0 Å². The number of rotatable bonds is 4. The Bertz CT molecular complexity index is 1340. The zero-order valence-corrected chi connectivity index (χ0v) is 19.0. The van der Waals surface area contributed by atoms with Crippen LogP contribution in [0.2, 0.25) is 0 Å². The molecule has 7 nitrogen and oxygen atoms in total. The van der Waals surface area contributed by atoms with E-state index >= 15 is 0 Å². The van der Waals surface area contributed by atoms with Crippen LogP contribution in [-0.2, 0) is 16.0 Å². The third-order valence-electron chi connectivity index (χ3n) is 7.11. The van der Waals surface area contributed by atoms with Gasteiger partial charge in [0.1, 0.15) is 5.82 Å². The SMILES string of the molecule is CS(=O)(=O)c1cc(NC(=O)c2cc(C(F)(F)F)cnc2N2CC3C4C([C@H]3C2)C(F)(F)C4(F)F)ccn1. The number of nitrogens with zero attached hydrogens (tertiary/aromatic N) is 3. The molecule has 0 spiro atoms. The summed E-state index contributed by atoms with van der Waals surface area (Å²) >= 11 is 0. The van der Waals surface area contributed by atoms with Crippen molar-refractivity contribution >= 4 is 27.2 Å². The van der Waals surface area contributed by atoms with Gasteiger partial charge in [-0.1, -0.05) is 0 Å². The molecule has 1 amide bonds. The lowest BCUT2D eigenvalue weighted by atomic mass is 9.44. The second kappa shape index (κ2) is 7.52. The van der Waals surface area contributed by atoms with E-state index < -0.39 is 73.6 Å². The number of amides is 1. The number of hydrogen-bond acceptors (Lipinski definition) is 6. The highest BCUT2D eigenvalue weighted by Crippen LogP contribution is 2.74. The molecular formula is C21H17F7N4O3S. The molecule has 0 radical (unpaired) electrons. The third kappa shape index (κ3) is 3.53. The van der Waals surface area contributed by atoms with Crippen LogP contribution in [0, 0.1) is 23.7 Å². The van der Waals surface area contributed by atoms with Crippen molar-refractivity contribution in [3.63, 3.8) is 0 Å². The van der Waals surface area contributed by atoms with Crippen LogP contribution in [0.3, 0.4) is 0 Å². The fraction of sp³-hybridized carbons (Fsp3) is 0.476. The molecule has 36 heavy (non-hydrogen) atoms. The highest BCUT2D eigenvalue weighted by Gasteiger charge is 2.87. The Morgan fingerprint density at radius 2 is 1.64 bits per heavy atom. The molecule has 0 aromatic carbocycles. The fourth-order valence-electron chi connectivity index (χ4n) is 5.43. The van der Waals surface area contributed by atoms with Crippen molar-refractivity contribution in [2.45, 2.75) is 23.0 Å². The highest BCUT2D eigenvalue weighted by atomic mass is 32.2. The summed E-state index contributed by atoms with van der Waals surface area (Å²) in [7, 11) is -3.76. The van der Waals surface area contributed by atoms with E-state index in [0.29, 0.717) is 12.3 Å². The number of sulfone groups is 1. The van der Waals surface area contributed by atoms with Crippen molar-refractivity contribution < 1.29 is 43.9 Å². The third-order valence-corrected chi connectivity index (χ3v) is 8.10. The van der Waals surface area contributed by atoms with Gasteiger partial charge in [-0.3, -0.25) is 4.79 Å². The lowest BCUT2D eigenvalue weighted by molar-refractivity contribution is -0.415. The number of alkyl halides is 7. The van der Waals surface area contributed by atoms with Crippen LogP contribution in [0.4, 0.5) is 42.2 Å². The zero-order valence-electron chi connectivity index (χ0n) is 18.2. The van der Waals surface area contributed by atoms with Crippen LogP contribution in [0.25, 0.3) is 0 Å². The van der Waals surface area contributed by atoms with Crippen molar-refractivity contribution in [2.24, 2.45) is 23.7 Å². The van der Waals surface area contributed by atoms with Gasteiger partial charge in [0.15, 0.2) is 14.9 Å². The van der Waals surface area contributed by atoms with Gasteiger partial charge >= 0.3 is 18.0 Å². The molecule has 2 aliphatic carbocycles. The van der Waals surface area contributed by atoms with Gasteiger partial charge in [0.25, 0.3) is 5.91 Å². The number of carbonyl (C=O) groups excluding carboxylic acids is 1. The molecule has 1 aliphatic heterocycles. The van der Waals surface area contributed by atoms with Crippen molar-refractivity contribution in [3.05, 3.63) is 41.7 Å². The smallest absolute Gasteiger partial charge is 0.355 e. The largest absolute Gasteiger partial charge is 0.417 e. The van der Waals surface area contributed by atoms with E-state index in [4.69, 9.17) is 0 Å². The van der Waals surface area contributed by atoms with E-state index in [9.17, 15) is 43.9 Å². The van der Waals surface area contributed by atoms with Gasteiger partial charge in [-0.2, -0.15) is 30.7 Å². The molecular weight excluding hydrogens is 521 g/mol. The summed E-state index contributed by atoms with van der Waals surface area (Å²) in [6.07, 6.45) is -2.45. The first-order valence-corrected chi connectivity index (χ1v) is 12.5. The van der Waals surface area contributed by atoms with E-state index in [0.717, 1.165) is 18.5 Å². The molecule has 15 heteroatoms. The summed E-state index contributed by atoms with van der Waals surface area (Å²) in [5.41, 5.74) is -1.92. The van der Waals surface area contributed by atoms with Crippen LogP contribution in [0.5, 0.6) is 0 Å². The summed E-state index contributed by atoms with van der Waals surface area (Å²) in [5.74, 6) is -14.4. The summed E-state index contributed by atoms with van der Waals surface area (Å²) in [6, 6.07) is 2.74. The van der Waals surface area contributed by atoms with Gasteiger partial charge in [-0.25, -0.2) is 18.4 Å². The molecule has 3 aliphatic rings. The lowest BCUT2D eigenvalue weighted by Gasteiger charge is -2.64. The summed E-state index contributed by atoms with van der Waals surface area (Å²) in [6.45, 7) is -0.354. The van der Waals surface area contributed by atoms with Crippen molar-refractivity contribution in [3.8, 4) is 0 Å². The molecule has 3 fully saturated rings. The first kappa shape index (κ1) is 24.7. The van der Waals surface area contributed by atoms with Crippen LogP contribution < -0.4 is 10.2 Å². The number of carbonyl (C=O) groups is 1. The van der Waals surface area contributed by atoms with E-state index in [1.807, 2.05) is 0 Å². The van der Waals surface area contributed by atoms with Crippen LogP contribution in [0.1, 0.15) is 15.9 Å². The van der Waals surface area contributed by atoms with Gasteiger partial charge in [0.2, 0.25) is 0 Å². The molecule has 1 saturated heterocycles. The number of nitrogens with one attached hydrogen (secondary N) is 1. The Morgan fingerprint density at radius 3 is 2.17 bits per heavy atom. The number of halogens is 7. The maximum atomic E-state index is 13.9. The van der Waals surface area contributed by atoms with Crippen molar-refractivity contribution in [1.82, 2.24) is 9.97 Å². The Kier molecular flexibility index (Phi) is 5.16. The van der Waals surface area contributed by atoms with Crippen molar-refractivity contribution in [2.75, 3.05) is 29.6 Å². The van der Waals surface area contributed by atoms with E-state index in [2.05, 4.69) is 15.3 Å². The van der Waals surface area contributed by atoms with Crippen LogP contribution in [0.15, 0.2) is 35.6 Å². The summed E-state index contributed by atoms with van der Waals surface area (Å²) in [4.78, 5) is 21.7.